The molecule has 0 radical (unpaired) electrons. The van der Waals surface area contributed by atoms with Crippen molar-refractivity contribution in [3.8, 4) is 0 Å². The fourth-order valence-electron chi connectivity index (χ4n) is 2.96. The van der Waals surface area contributed by atoms with Crippen molar-refractivity contribution in [1.29, 1.82) is 0 Å². The summed E-state index contributed by atoms with van der Waals surface area (Å²) in [5.41, 5.74) is 7.00. The van der Waals surface area contributed by atoms with Gasteiger partial charge in [-0.05, 0) is 36.3 Å². The normalized spacial score (nSPS) is 17.7. The largest absolute Gasteiger partial charge is 0.445 e. The molecular weight excluding hydrogens is 370 g/mol. The number of allylic oxidation sites excluding steroid dienone is 2. The van der Waals surface area contributed by atoms with Crippen LogP contribution in [0.4, 0.5) is 4.79 Å². The van der Waals surface area contributed by atoms with Gasteiger partial charge < -0.3 is 25.8 Å². The molecule has 0 bridgehead atoms. The number of amides is 2. The fourth-order valence-corrected chi connectivity index (χ4v) is 2.96. The van der Waals surface area contributed by atoms with Crippen LogP contribution >= 0.6 is 0 Å². The Morgan fingerprint density at radius 3 is 2.79 bits per heavy atom. The number of hydrogen-bond acceptors (Lipinski definition) is 5. The first kappa shape index (κ1) is 22.2. The van der Waals surface area contributed by atoms with Crippen LogP contribution in [0.15, 0.2) is 66.9 Å². The third-order valence-corrected chi connectivity index (χ3v) is 4.43. The zero-order valence-corrected chi connectivity index (χ0v) is 16.5. The molecule has 1 saturated heterocycles. The van der Waals surface area contributed by atoms with E-state index in [-0.39, 0.29) is 18.6 Å². The number of hydrogen-bond donors (Lipinski definition) is 3. The topological polar surface area (TPSA) is 103 Å². The summed E-state index contributed by atoms with van der Waals surface area (Å²) < 4.78 is 10.8. The molecule has 1 aliphatic heterocycles. The van der Waals surface area contributed by atoms with Crippen LogP contribution < -0.4 is 16.4 Å². The second-order valence-electron chi connectivity index (χ2n) is 6.68. The monoisotopic (exact) mass is 399 g/mol. The van der Waals surface area contributed by atoms with E-state index >= 15 is 0 Å². The molecule has 0 saturated carbocycles. The second-order valence-corrected chi connectivity index (χ2v) is 6.68. The van der Waals surface area contributed by atoms with Gasteiger partial charge in [-0.1, -0.05) is 49.1 Å². The molecule has 4 N–H and O–H groups in total. The Labute approximate surface area is 171 Å². The highest BCUT2D eigenvalue weighted by Crippen LogP contribution is 2.11. The van der Waals surface area contributed by atoms with Gasteiger partial charge in [-0.25, -0.2) is 4.79 Å². The maximum Gasteiger partial charge on any atom is 0.408 e. The summed E-state index contributed by atoms with van der Waals surface area (Å²) in [5, 5.41) is 5.53. The van der Waals surface area contributed by atoms with Crippen molar-refractivity contribution in [2.75, 3.05) is 19.8 Å². The zero-order valence-electron chi connectivity index (χ0n) is 16.5. The predicted octanol–water partition coefficient (Wildman–Crippen LogP) is 2.20. The number of benzene rings is 1. The molecule has 2 amide bonds. The van der Waals surface area contributed by atoms with Crippen LogP contribution in [0.3, 0.4) is 0 Å². The Morgan fingerprint density at radius 1 is 1.34 bits per heavy atom. The third-order valence-electron chi connectivity index (χ3n) is 4.43. The van der Waals surface area contributed by atoms with Crippen LogP contribution in [0.1, 0.15) is 18.4 Å². The highest BCUT2D eigenvalue weighted by atomic mass is 16.5. The third kappa shape index (κ3) is 8.23. The Hall–Kier alpha value is -3.06. The minimum Gasteiger partial charge on any atom is -0.445 e. The minimum atomic E-state index is -0.761. The number of carbonyl (C=O) groups excluding carboxylic acids is 2. The molecule has 0 aromatic heterocycles. The summed E-state index contributed by atoms with van der Waals surface area (Å²) >= 11 is 0. The predicted molar refractivity (Wildman–Crippen MR) is 112 cm³/mol. The van der Waals surface area contributed by atoms with Crippen LogP contribution in [0, 0.1) is 0 Å². The number of nitrogens with two attached hydrogens (primary N) is 1. The van der Waals surface area contributed by atoms with Crippen LogP contribution in [0.5, 0.6) is 0 Å². The summed E-state index contributed by atoms with van der Waals surface area (Å²) in [5.74, 6) is -0.273. The molecule has 1 fully saturated rings. The Balaban J connectivity index is 1.95. The number of ether oxygens (including phenoxy) is 2. The molecule has 0 unspecified atom stereocenters. The summed E-state index contributed by atoms with van der Waals surface area (Å²) in [6.07, 6.45) is 7.85. The van der Waals surface area contributed by atoms with Gasteiger partial charge in [-0.3, -0.25) is 4.79 Å². The van der Waals surface area contributed by atoms with Crippen molar-refractivity contribution in [2.45, 2.75) is 31.4 Å². The Morgan fingerprint density at radius 2 is 2.14 bits per heavy atom. The Kier molecular flexibility index (Phi) is 9.51. The van der Waals surface area contributed by atoms with Crippen LogP contribution in [0.25, 0.3) is 0 Å². The van der Waals surface area contributed by atoms with Crippen molar-refractivity contribution in [1.82, 2.24) is 10.6 Å². The molecule has 29 heavy (non-hydrogen) atoms. The lowest BCUT2D eigenvalue weighted by Crippen LogP contribution is -2.49. The summed E-state index contributed by atoms with van der Waals surface area (Å²) in [6.45, 7) is 4.77. The highest BCUT2D eigenvalue weighted by molar-refractivity contribution is 5.86. The molecule has 7 heteroatoms. The van der Waals surface area contributed by atoms with Gasteiger partial charge in [0, 0.05) is 19.6 Å². The van der Waals surface area contributed by atoms with E-state index in [9.17, 15) is 9.59 Å². The Bertz CT molecular complexity index is 725. The first-order valence-corrected chi connectivity index (χ1v) is 9.68. The lowest BCUT2D eigenvalue weighted by Gasteiger charge is -2.20. The molecule has 1 aromatic rings. The van der Waals surface area contributed by atoms with Gasteiger partial charge in [0.05, 0.1) is 6.10 Å². The maximum absolute atomic E-state index is 12.7. The minimum absolute atomic E-state index is 0.0150. The quantitative estimate of drug-likeness (QED) is 0.524. The van der Waals surface area contributed by atoms with E-state index in [1.54, 1.807) is 18.2 Å². The molecule has 7 nitrogen and oxygen atoms in total. The molecule has 1 heterocycles. The molecule has 2 rings (SSSR count). The van der Waals surface area contributed by atoms with Gasteiger partial charge in [0.25, 0.3) is 0 Å². The van der Waals surface area contributed by atoms with E-state index < -0.39 is 12.1 Å². The van der Waals surface area contributed by atoms with Crippen molar-refractivity contribution < 1.29 is 19.1 Å². The van der Waals surface area contributed by atoms with Gasteiger partial charge in [-0.2, -0.15) is 0 Å². The maximum atomic E-state index is 12.7. The molecular formula is C22H29N3O4. The summed E-state index contributed by atoms with van der Waals surface area (Å²) in [6, 6.07) is 8.73. The molecule has 156 valence electrons. The molecule has 1 aliphatic rings. The van der Waals surface area contributed by atoms with E-state index in [1.807, 2.05) is 30.3 Å². The van der Waals surface area contributed by atoms with Gasteiger partial charge in [0.1, 0.15) is 12.6 Å². The first-order chi connectivity index (χ1) is 14.1. The second kappa shape index (κ2) is 12.4. The van der Waals surface area contributed by atoms with Gasteiger partial charge >= 0.3 is 6.09 Å². The SMILES string of the molecule is C=C/C=C(\C=C/N)COC(=O)N[C@@H](Cc1ccccc1)C(=O)NC[C@@H]1CCCO1. The molecule has 1 aromatic carbocycles. The summed E-state index contributed by atoms with van der Waals surface area (Å²) in [4.78, 5) is 25.0. The molecule has 0 spiro atoms. The lowest BCUT2D eigenvalue weighted by molar-refractivity contribution is -0.123. The van der Waals surface area contributed by atoms with Gasteiger partial charge in [0.15, 0.2) is 0 Å². The fraction of sp³-hybridized carbons (Fsp3) is 0.364. The molecule has 2 atom stereocenters. The standard InChI is InChI=1S/C22H29N3O4/c1-2-7-18(11-12-23)16-29-22(27)25-20(14-17-8-4-3-5-9-17)21(26)24-15-19-10-6-13-28-19/h2-5,7-9,11-12,19-20H,1,6,10,13-16,23H2,(H,24,26)(H,25,27)/b12-11-,18-7+/t19-,20-/m0/s1. The van der Waals surface area contributed by atoms with E-state index in [4.69, 9.17) is 15.2 Å². The smallest absolute Gasteiger partial charge is 0.408 e. The number of rotatable bonds is 10. The van der Waals surface area contributed by atoms with Crippen LogP contribution in [-0.4, -0.2) is 43.9 Å². The van der Waals surface area contributed by atoms with Gasteiger partial charge in [-0.15, -0.1) is 0 Å². The van der Waals surface area contributed by atoms with Crippen molar-refractivity contribution in [3.05, 3.63) is 72.5 Å². The van der Waals surface area contributed by atoms with Crippen LogP contribution in [-0.2, 0) is 20.7 Å². The molecule has 0 aliphatic carbocycles. The first-order valence-electron chi connectivity index (χ1n) is 9.68. The number of nitrogens with one attached hydrogen (secondary N) is 2. The highest BCUT2D eigenvalue weighted by Gasteiger charge is 2.24. The van der Waals surface area contributed by atoms with E-state index in [1.165, 1.54) is 6.20 Å². The van der Waals surface area contributed by atoms with Crippen molar-refractivity contribution >= 4 is 12.0 Å². The number of alkyl carbamates (subject to hydrolysis) is 1. The average molecular weight is 399 g/mol. The summed E-state index contributed by atoms with van der Waals surface area (Å²) in [7, 11) is 0. The average Bonchev–Trinajstić information content (AvgIpc) is 3.24. The van der Waals surface area contributed by atoms with E-state index in [0.29, 0.717) is 18.5 Å². The van der Waals surface area contributed by atoms with Crippen LogP contribution in [0.2, 0.25) is 0 Å². The van der Waals surface area contributed by atoms with Crippen molar-refractivity contribution in [2.24, 2.45) is 5.73 Å². The number of carbonyl (C=O) groups is 2. The van der Waals surface area contributed by atoms with E-state index in [2.05, 4.69) is 17.2 Å². The zero-order chi connectivity index (χ0) is 20.9. The lowest BCUT2D eigenvalue weighted by atomic mass is 10.1. The van der Waals surface area contributed by atoms with Gasteiger partial charge in [0.2, 0.25) is 5.91 Å². The van der Waals surface area contributed by atoms with E-state index in [0.717, 1.165) is 25.0 Å². The van der Waals surface area contributed by atoms with Crippen molar-refractivity contribution in [3.63, 3.8) is 0 Å².